The van der Waals surface area contributed by atoms with E-state index in [1.54, 1.807) is 6.92 Å². The summed E-state index contributed by atoms with van der Waals surface area (Å²) in [6, 6.07) is 0. The van der Waals surface area contributed by atoms with E-state index < -0.39 is 5.97 Å². The largest absolute Gasteiger partial charge is 0.481 e. The van der Waals surface area contributed by atoms with Crippen molar-refractivity contribution in [1.82, 2.24) is 0 Å². The number of hydrogen-bond donors (Lipinski definition) is 1. The second-order valence-corrected chi connectivity index (χ2v) is 3.73. The summed E-state index contributed by atoms with van der Waals surface area (Å²) in [5.74, 6) is -0.324. The Labute approximate surface area is 73.3 Å². The Morgan fingerprint density at radius 3 is 2.92 bits per heavy atom. The van der Waals surface area contributed by atoms with Gasteiger partial charge >= 0.3 is 5.97 Å². The van der Waals surface area contributed by atoms with Crippen LogP contribution < -0.4 is 0 Å². The van der Waals surface area contributed by atoms with Crippen molar-refractivity contribution in [2.75, 3.05) is 0 Å². The van der Waals surface area contributed by atoms with E-state index in [4.69, 9.17) is 5.11 Å². The third-order valence-corrected chi connectivity index (χ3v) is 2.58. The molecule has 0 aromatic rings. The van der Waals surface area contributed by atoms with E-state index in [9.17, 15) is 4.79 Å². The SMILES string of the molecule is CC1CCC=C(C(C)C(=O)O)C1. The molecule has 0 radical (unpaired) electrons. The van der Waals surface area contributed by atoms with E-state index in [-0.39, 0.29) is 5.92 Å². The zero-order valence-electron chi connectivity index (χ0n) is 7.71. The maximum atomic E-state index is 10.7. The van der Waals surface area contributed by atoms with Crippen LogP contribution >= 0.6 is 0 Å². The molecule has 12 heavy (non-hydrogen) atoms. The second-order valence-electron chi connectivity index (χ2n) is 3.73. The minimum Gasteiger partial charge on any atom is -0.481 e. The first-order chi connectivity index (χ1) is 5.61. The zero-order chi connectivity index (χ0) is 9.14. The fourth-order valence-corrected chi connectivity index (χ4v) is 1.65. The fourth-order valence-electron chi connectivity index (χ4n) is 1.65. The molecule has 0 aromatic carbocycles. The normalized spacial score (nSPS) is 26.2. The maximum absolute atomic E-state index is 10.7. The van der Waals surface area contributed by atoms with Crippen LogP contribution in [0.15, 0.2) is 11.6 Å². The van der Waals surface area contributed by atoms with Gasteiger partial charge in [0, 0.05) is 0 Å². The van der Waals surface area contributed by atoms with Gasteiger partial charge < -0.3 is 5.11 Å². The molecule has 1 aliphatic rings. The molecule has 2 nitrogen and oxygen atoms in total. The van der Waals surface area contributed by atoms with Crippen LogP contribution in [-0.2, 0) is 4.79 Å². The molecule has 0 fully saturated rings. The quantitative estimate of drug-likeness (QED) is 0.643. The minimum absolute atomic E-state index is 0.284. The van der Waals surface area contributed by atoms with Gasteiger partial charge in [-0.2, -0.15) is 0 Å². The molecule has 1 rings (SSSR count). The standard InChI is InChI=1S/C10H16O2/c1-7-4-3-5-9(6-7)8(2)10(11)12/h5,7-8H,3-4,6H2,1-2H3,(H,11,12). The van der Waals surface area contributed by atoms with Crippen molar-refractivity contribution in [3.05, 3.63) is 11.6 Å². The van der Waals surface area contributed by atoms with Gasteiger partial charge in [0.05, 0.1) is 5.92 Å². The van der Waals surface area contributed by atoms with Gasteiger partial charge in [-0.25, -0.2) is 0 Å². The summed E-state index contributed by atoms with van der Waals surface area (Å²) in [6.07, 6.45) is 5.32. The number of carboxylic acid groups (broad SMARTS) is 1. The predicted molar refractivity (Wildman–Crippen MR) is 47.9 cm³/mol. The lowest BCUT2D eigenvalue weighted by Gasteiger charge is -2.21. The van der Waals surface area contributed by atoms with Gasteiger partial charge in [0.25, 0.3) is 0 Å². The predicted octanol–water partition coefficient (Wildman–Crippen LogP) is 2.45. The molecule has 0 heterocycles. The Bertz CT molecular complexity index is 206. The minimum atomic E-state index is -0.699. The van der Waals surface area contributed by atoms with E-state index in [0.717, 1.165) is 18.4 Å². The Morgan fingerprint density at radius 1 is 1.75 bits per heavy atom. The molecule has 0 aliphatic heterocycles. The zero-order valence-corrected chi connectivity index (χ0v) is 7.71. The van der Waals surface area contributed by atoms with Crippen molar-refractivity contribution in [3.63, 3.8) is 0 Å². The van der Waals surface area contributed by atoms with Gasteiger partial charge in [0.1, 0.15) is 0 Å². The molecule has 0 bridgehead atoms. The van der Waals surface area contributed by atoms with E-state index in [1.807, 2.05) is 0 Å². The molecule has 0 spiro atoms. The highest BCUT2D eigenvalue weighted by Crippen LogP contribution is 2.28. The van der Waals surface area contributed by atoms with Crippen molar-refractivity contribution in [3.8, 4) is 0 Å². The van der Waals surface area contributed by atoms with Gasteiger partial charge in [0.15, 0.2) is 0 Å². The van der Waals surface area contributed by atoms with Crippen LogP contribution in [0.5, 0.6) is 0 Å². The van der Waals surface area contributed by atoms with Gasteiger partial charge in [0.2, 0.25) is 0 Å². The first-order valence-electron chi connectivity index (χ1n) is 4.53. The van der Waals surface area contributed by atoms with E-state index in [2.05, 4.69) is 13.0 Å². The molecule has 2 heteroatoms. The molecule has 0 amide bonds. The summed E-state index contributed by atoms with van der Waals surface area (Å²) < 4.78 is 0. The lowest BCUT2D eigenvalue weighted by atomic mass is 9.84. The number of hydrogen-bond acceptors (Lipinski definition) is 1. The van der Waals surface area contributed by atoms with E-state index >= 15 is 0 Å². The summed E-state index contributed by atoms with van der Waals surface area (Å²) >= 11 is 0. The number of aliphatic carboxylic acids is 1. The highest BCUT2D eigenvalue weighted by Gasteiger charge is 2.20. The van der Waals surface area contributed by atoms with Gasteiger partial charge in [-0.3, -0.25) is 4.79 Å². The smallest absolute Gasteiger partial charge is 0.310 e. The first kappa shape index (κ1) is 9.30. The fraction of sp³-hybridized carbons (Fsp3) is 0.700. The van der Waals surface area contributed by atoms with Crippen LogP contribution in [0.2, 0.25) is 0 Å². The molecule has 2 atom stereocenters. The Balaban J connectivity index is 2.62. The van der Waals surface area contributed by atoms with Gasteiger partial charge in [-0.05, 0) is 32.1 Å². The third-order valence-electron chi connectivity index (χ3n) is 2.58. The Hall–Kier alpha value is -0.790. The summed E-state index contributed by atoms with van der Waals surface area (Å²) in [5.41, 5.74) is 1.11. The number of allylic oxidation sites excluding steroid dienone is 1. The monoisotopic (exact) mass is 168 g/mol. The van der Waals surface area contributed by atoms with Gasteiger partial charge in [-0.15, -0.1) is 0 Å². The van der Waals surface area contributed by atoms with Crippen LogP contribution in [0.1, 0.15) is 33.1 Å². The van der Waals surface area contributed by atoms with E-state index in [1.165, 1.54) is 6.42 Å². The van der Waals surface area contributed by atoms with Crippen molar-refractivity contribution in [1.29, 1.82) is 0 Å². The highest BCUT2D eigenvalue weighted by atomic mass is 16.4. The Morgan fingerprint density at radius 2 is 2.42 bits per heavy atom. The van der Waals surface area contributed by atoms with Gasteiger partial charge in [-0.1, -0.05) is 18.6 Å². The summed E-state index contributed by atoms with van der Waals surface area (Å²) in [7, 11) is 0. The average molecular weight is 168 g/mol. The topological polar surface area (TPSA) is 37.3 Å². The molecule has 68 valence electrons. The lowest BCUT2D eigenvalue weighted by Crippen LogP contribution is -2.16. The van der Waals surface area contributed by atoms with Crippen molar-refractivity contribution >= 4 is 5.97 Å². The molecule has 0 aromatic heterocycles. The van der Waals surface area contributed by atoms with Crippen LogP contribution in [0.25, 0.3) is 0 Å². The lowest BCUT2D eigenvalue weighted by molar-refractivity contribution is -0.139. The molecular weight excluding hydrogens is 152 g/mol. The van der Waals surface area contributed by atoms with Crippen molar-refractivity contribution in [2.45, 2.75) is 33.1 Å². The van der Waals surface area contributed by atoms with Crippen molar-refractivity contribution < 1.29 is 9.90 Å². The summed E-state index contributed by atoms with van der Waals surface area (Å²) in [5, 5.41) is 8.78. The Kier molecular flexibility index (Phi) is 2.90. The summed E-state index contributed by atoms with van der Waals surface area (Å²) in [4.78, 5) is 10.7. The van der Waals surface area contributed by atoms with Crippen LogP contribution in [0, 0.1) is 11.8 Å². The molecule has 2 unspecified atom stereocenters. The first-order valence-corrected chi connectivity index (χ1v) is 4.53. The average Bonchev–Trinajstić information content (AvgIpc) is 2.03. The number of carbonyl (C=O) groups is 1. The summed E-state index contributed by atoms with van der Waals surface area (Å²) in [6.45, 7) is 3.95. The molecule has 1 aliphatic carbocycles. The number of carboxylic acids is 1. The molecule has 0 saturated heterocycles. The maximum Gasteiger partial charge on any atom is 0.310 e. The highest BCUT2D eigenvalue weighted by molar-refractivity contribution is 5.73. The van der Waals surface area contributed by atoms with Crippen LogP contribution in [0.3, 0.4) is 0 Å². The molecule has 0 saturated carbocycles. The number of rotatable bonds is 2. The van der Waals surface area contributed by atoms with Crippen molar-refractivity contribution in [2.24, 2.45) is 11.8 Å². The van der Waals surface area contributed by atoms with E-state index in [0.29, 0.717) is 5.92 Å². The third kappa shape index (κ3) is 2.10. The molecular formula is C10H16O2. The van der Waals surface area contributed by atoms with Crippen LogP contribution in [0.4, 0.5) is 0 Å². The molecule has 1 N–H and O–H groups in total. The van der Waals surface area contributed by atoms with Crippen LogP contribution in [-0.4, -0.2) is 11.1 Å². The second kappa shape index (κ2) is 3.74.